The molecule has 2 amide bonds. The zero-order valence-electron chi connectivity index (χ0n) is 14.0. The predicted molar refractivity (Wildman–Crippen MR) is 102 cm³/mol. The van der Waals surface area contributed by atoms with Crippen molar-refractivity contribution in [2.45, 2.75) is 18.9 Å². The van der Waals surface area contributed by atoms with Gasteiger partial charge in [0, 0.05) is 28.7 Å². The molecule has 1 saturated heterocycles. The number of aromatic nitrogens is 1. The Balaban J connectivity index is 1.41. The fourth-order valence-electron chi connectivity index (χ4n) is 3.40. The van der Waals surface area contributed by atoms with Crippen molar-refractivity contribution in [1.82, 2.24) is 10.3 Å². The number of benzene rings is 2. The first-order chi connectivity index (χ1) is 12.6. The molecule has 0 aliphatic carbocycles. The van der Waals surface area contributed by atoms with Gasteiger partial charge in [-0.15, -0.1) is 0 Å². The summed E-state index contributed by atoms with van der Waals surface area (Å²) in [6, 6.07) is 14.4. The van der Waals surface area contributed by atoms with Crippen LogP contribution >= 0.6 is 11.6 Å². The van der Waals surface area contributed by atoms with Gasteiger partial charge in [0.15, 0.2) is 0 Å². The van der Waals surface area contributed by atoms with E-state index in [9.17, 15) is 9.59 Å². The average Bonchev–Trinajstić information content (AvgIpc) is 3.16. The van der Waals surface area contributed by atoms with Crippen molar-refractivity contribution in [3.05, 3.63) is 65.3 Å². The van der Waals surface area contributed by atoms with Gasteiger partial charge >= 0.3 is 0 Å². The van der Waals surface area contributed by atoms with Crippen LogP contribution in [-0.4, -0.2) is 29.4 Å². The number of anilines is 1. The number of imide groups is 1. The van der Waals surface area contributed by atoms with Crippen LogP contribution in [0.2, 0.25) is 5.02 Å². The van der Waals surface area contributed by atoms with Crippen molar-refractivity contribution in [2.24, 2.45) is 0 Å². The smallest absolute Gasteiger partial charge is 0.251 e. The molecule has 3 aromatic rings. The van der Waals surface area contributed by atoms with E-state index in [2.05, 4.69) is 16.4 Å². The van der Waals surface area contributed by atoms with E-state index >= 15 is 0 Å². The van der Waals surface area contributed by atoms with E-state index in [1.807, 2.05) is 24.4 Å². The van der Waals surface area contributed by atoms with Gasteiger partial charge in [0.05, 0.1) is 18.2 Å². The van der Waals surface area contributed by atoms with E-state index in [4.69, 9.17) is 11.6 Å². The molecule has 1 aromatic heterocycles. The van der Waals surface area contributed by atoms with Gasteiger partial charge in [-0.1, -0.05) is 35.9 Å². The van der Waals surface area contributed by atoms with Crippen LogP contribution in [0.3, 0.4) is 0 Å². The minimum Gasteiger partial charge on any atom is -0.361 e. The molecule has 0 unspecified atom stereocenters. The minimum absolute atomic E-state index is 0.166. The molecule has 1 fully saturated rings. The van der Waals surface area contributed by atoms with Crippen molar-refractivity contribution < 1.29 is 9.59 Å². The number of para-hydroxylation sites is 1. The van der Waals surface area contributed by atoms with Gasteiger partial charge in [-0.25, -0.2) is 4.90 Å². The Hall–Kier alpha value is -2.63. The summed E-state index contributed by atoms with van der Waals surface area (Å²) in [5, 5.41) is 4.90. The van der Waals surface area contributed by atoms with Gasteiger partial charge in [-0.3, -0.25) is 9.59 Å². The zero-order valence-corrected chi connectivity index (χ0v) is 14.8. The Morgan fingerprint density at radius 2 is 2.00 bits per heavy atom. The molecule has 0 bridgehead atoms. The SMILES string of the molecule is O=C1C[C@H](NCCc2c[nH]c3ccccc23)C(=O)N1c1cccc(Cl)c1. The van der Waals surface area contributed by atoms with Gasteiger partial charge in [-0.2, -0.15) is 0 Å². The van der Waals surface area contributed by atoms with Gasteiger partial charge in [0.1, 0.15) is 0 Å². The second-order valence-electron chi connectivity index (χ2n) is 6.37. The van der Waals surface area contributed by atoms with E-state index in [0.717, 1.165) is 11.9 Å². The number of aromatic amines is 1. The Labute approximate surface area is 155 Å². The molecule has 1 aliphatic heterocycles. The third-order valence-electron chi connectivity index (χ3n) is 4.67. The molecule has 4 rings (SSSR count). The standard InChI is InChI=1S/C20H18ClN3O2/c21-14-4-3-5-15(10-14)24-19(25)11-18(20(24)26)22-9-8-13-12-23-17-7-2-1-6-16(13)17/h1-7,10,12,18,22-23H,8-9,11H2/t18-/m0/s1. The summed E-state index contributed by atoms with van der Waals surface area (Å²) in [7, 11) is 0. The van der Waals surface area contributed by atoms with E-state index in [1.54, 1.807) is 24.3 Å². The number of nitrogens with zero attached hydrogens (tertiary/aromatic N) is 1. The molecule has 5 nitrogen and oxygen atoms in total. The van der Waals surface area contributed by atoms with Crippen molar-refractivity contribution >= 4 is 40.0 Å². The third-order valence-corrected chi connectivity index (χ3v) is 4.91. The topological polar surface area (TPSA) is 65.2 Å². The normalized spacial score (nSPS) is 17.4. The Morgan fingerprint density at radius 3 is 2.85 bits per heavy atom. The minimum atomic E-state index is -0.494. The first kappa shape index (κ1) is 16.8. The zero-order chi connectivity index (χ0) is 18.1. The number of rotatable bonds is 5. The molecule has 1 aliphatic rings. The molecule has 2 N–H and O–H groups in total. The third kappa shape index (κ3) is 3.11. The first-order valence-electron chi connectivity index (χ1n) is 8.54. The molecule has 0 radical (unpaired) electrons. The monoisotopic (exact) mass is 367 g/mol. The predicted octanol–water partition coefficient (Wildman–Crippen LogP) is 3.29. The highest BCUT2D eigenvalue weighted by atomic mass is 35.5. The number of fused-ring (bicyclic) bond motifs is 1. The van der Waals surface area contributed by atoms with E-state index in [1.165, 1.54) is 15.8 Å². The van der Waals surface area contributed by atoms with Crippen LogP contribution in [0.15, 0.2) is 54.7 Å². The summed E-state index contributed by atoms with van der Waals surface area (Å²) < 4.78 is 0. The molecule has 0 spiro atoms. The number of hydrogen-bond donors (Lipinski definition) is 2. The van der Waals surface area contributed by atoms with Gasteiger partial charge in [0.2, 0.25) is 5.91 Å². The second-order valence-corrected chi connectivity index (χ2v) is 6.80. The summed E-state index contributed by atoms with van der Waals surface area (Å²) in [6.45, 7) is 0.620. The van der Waals surface area contributed by atoms with Crippen LogP contribution in [0.5, 0.6) is 0 Å². The lowest BCUT2D eigenvalue weighted by Crippen LogP contribution is -2.39. The number of hydrogen-bond acceptors (Lipinski definition) is 3. The molecule has 0 saturated carbocycles. The average molecular weight is 368 g/mol. The van der Waals surface area contributed by atoms with Crippen LogP contribution in [0.1, 0.15) is 12.0 Å². The molecule has 132 valence electrons. The van der Waals surface area contributed by atoms with Gasteiger partial charge in [0.25, 0.3) is 5.91 Å². The second kappa shape index (κ2) is 6.94. The number of halogens is 1. The van der Waals surface area contributed by atoms with Crippen LogP contribution in [-0.2, 0) is 16.0 Å². The van der Waals surface area contributed by atoms with Crippen LogP contribution in [0, 0.1) is 0 Å². The molecule has 2 aromatic carbocycles. The lowest BCUT2D eigenvalue weighted by molar-refractivity contribution is -0.121. The number of carbonyl (C=O) groups is 2. The summed E-state index contributed by atoms with van der Waals surface area (Å²) in [5.41, 5.74) is 2.81. The maximum absolute atomic E-state index is 12.6. The highest BCUT2D eigenvalue weighted by molar-refractivity contribution is 6.31. The largest absolute Gasteiger partial charge is 0.361 e. The number of H-pyrrole nitrogens is 1. The van der Waals surface area contributed by atoms with Gasteiger partial charge in [-0.05, 0) is 36.2 Å². The fourth-order valence-corrected chi connectivity index (χ4v) is 3.58. The molecule has 6 heteroatoms. The summed E-state index contributed by atoms with van der Waals surface area (Å²) in [6.07, 6.45) is 2.94. The van der Waals surface area contributed by atoms with Crippen molar-refractivity contribution in [3.8, 4) is 0 Å². The number of amides is 2. The lowest BCUT2D eigenvalue weighted by atomic mass is 10.1. The highest BCUT2D eigenvalue weighted by Crippen LogP contribution is 2.25. The Morgan fingerprint density at radius 1 is 1.15 bits per heavy atom. The molecule has 2 heterocycles. The fraction of sp³-hybridized carbons (Fsp3) is 0.200. The number of nitrogens with one attached hydrogen (secondary N) is 2. The Kier molecular flexibility index (Phi) is 4.49. The maximum atomic E-state index is 12.6. The molecular weight excluding hydrogens is 350 g/mol. The van der Waals surface area contributed by atoms with Crippen molar-refractivity contribution in [3.63, 3.8) is 0 Å². The molecular formula is C20H18ClN3O2. The maximum Gasteiger partial charge on any atom is 0.251 e. The number of carbonyl (C=O) groups excluding carboxylic acids is 2. The quantitative estimate of drug-likeness (QED) is 0.680. The lowest BCUT2D eigenvalue weighted by Gasteiger charge is -2.15. The van der Waals surface area contributed by atoms with Crippen molar-refractivity contribution in [2.75, 3.05) is 11.4 Å². The van der Waals surface area contributed by atoms with E-state index in [-0.39, 0.29) is 18.2 Å². The summed E-state index contributed by atoms with van der Waals surface area (Å²) in [4.78, 5) is 29.4. The van der Waals surface area contributed by atoms with Crippen LogP contribution in [0.25, 0.3) is 10.9 Å². The van der Waals surface area contributed by atoms with Crippen molar-refractivity contribution in [1.29, 1.82) is 0 Å². The highest BCUT2D eigenvalue weighted by Gasteiger charge is 2.39. The van der Waals surface area contributed by atoms with E-state index in [0.29, 0.717) is 17.3 Å². The van der Waals surface area contributed by atoms with Crippen LogP contribution < -0.4 is 10.2 Å². The van der Waals surface area contributed by atoms with E-state index < -0.39 is 6.04 Å². The first-order valence-corrected chi connectivity index (χ1v) is 8.92. The summed E-state index contributed by atoms with van der Waals surface area (Å²) in [5.74, 6) is -0.432. The molecule has 1 atom stereocenters. The summed E-state index contributed by atoms with van der Waals surface area (Å²) >= 11 is 5.98. The van der Waals surface area contributed by atoms with Crippen LogP contribution in [0.4, 0.5) is 5.69 Å². The Bertz CT molecular complexity index is 982. The molecule has 26 heavy (non-hydrogen) atoms. The van der Waals surface area contributed by atoms with Gasteiger partial charge < -0.3 is 10.3 Å².